The van der Waals surface area contributed by atoms with Crippen LogP contribution < -0.4 is 10.6 Å². The van der Waals surface area contributed by atoms with Crippen molar-refractivity contribution in [3.63, 3.8) is 0 Å². The van der Waals surface area contributed by atoms with E-state index in [0.717, 1.165) is 24.1 Å². The van der Waals surface area contributed by atoms with Crippen LogP contribution in [-0.4, -0.2) is 27.1 Å². The van der Waals surface area contributed by atoms with Gasteiger partial charge in [0.2, 0.25) is 0 Å². The predicted molar refractivity (Wildman–Crippen MR) is 128 cm³/mol. The fourth-order valence-electron chi connectivity index (χ4n) is 4.66. The van der Waals surface area contributed by atoms with Crippen molar-refractivity contribution in [1.82, 2.24) is 10.2 Å². The van der Waals surface area contributed by atoms with Gasteiger partial charge in [0, 0.05) is 29.4 Å². The first kappa shape index (κ1) is 22.7. The second-order valence-electron chi connectivity index (χ2n) is 9.94. The molecule has 0 radical (unpaired) electrons. The summed E-state index contributed by atoms with van der Waals surface area (Å²) in [5.74, 6) is -0.217. The molecular weight excluding hydrogens is 393 g/mol. The summed E-state index contributed by atoms with van der Waals surface area (Å²) in [5, 5.41) is 7.92. The molecule has 162 valence electrons. The largest absolute Gasteiger partial charge is 0.342 e. The van der Waals surface area contributed by atoms with Gasteiger partial charge in [-0.05, 0) is 108 Å². The Morgan fingerprint density at radius 3 is 2.20 bits per heavy atom. The van der Waals surface area contributed by atoms with E-state index in [2.05, 4.69) is 75.3 Å². The minimum absolute atomic E-state index is 0.00350. The lowest BCUT2D eigenvalue weighted by atomic mass is 9.79. The maximum atomic E-state index is 13.4. The second kappa shape index (κ2) is 8.64. The highest BCUT2D eigenvalue weighted by Crippen LogP contribution is 2.33. The number of halogens is 1. The van der Waals surface area contributed by atoms with Gasteiger partial charge in [-0.1, -0.05) is 18.2 Å². The number of benzene rings is 2. The van der Waals surface area contributed by atoms with Gasteiger partial charge in [-0.15, -0.1) is 0 Å². The van der Waals surface area contributed by atoms with Crippen molar-refractivity contribution in [3.8, 4) is 0 Å². The van der Waals surface area contributed by atoms with Gasteiger partial charge in [-0.3, -0.25) is 0 Å². The maximum absolute atomic E-state index is 13.4. The molecule has 2 aromatic rings. The summed E-state index contributed by atoms with van der Waals surface area (Å²) < 4.78 is 13.4. The fraction of sp³-hybridized carbons (Fsp3) is 0.480. The molecule has 0 aromatic heterocycles. The molecule has 0 bridgehead atoms. The molecule has 0 aliphatic carbocycles. The van der Waals surface area contributed by atoms with Crippen molar-refractivity contribution in [2.75, 3.05) is 5.32 Å². The van der Waals surface area contributed by atoms with Crippen LogP contribution >= 0.6 is 12.2 Å². The average Bonchev–Trinajstić information content (AvgIpc) is 2.61. The zero-order valence-corrected chi connectivity index (χ0v) is 19.8. The van der Waals surface area contributed by atoms with E-state index in [4.69, 9.17) is 12.2 Å². The Bertz CT molecular complexity index is 889. The van der Waals surface area contributed by atoms with E-state index in [9.17, 15) is 4.39 Å². The Hall–Kier alpha value is -1.98. The highest BCUT2D eigenvalue weighted by atomic mass is 32.1. The minimum Gasteiger partial charge on any atom is -0.342 e. The molecule has 2 aromatic carbocycles. The summed E-state index contributed by atoms with van der Waals surface area (Å²) in [6.45, 7) is 13.9. The molecular formula is C25H34FN3S. The number of nitrogens with zero attached hydrogens (tertiary/aromatic N) is 1. The summed E-state index contributed by atoms with van der Waals surface area (Å²) in [6.07, 6.45) is 1.96. The number of anilines is 1. The van der Waals surface area contributed by atoms with Crippen molar-refractivity contribution in [2.24, 2.45) is 0 Å². The van der Waals surface area contributed by atoms with E-state index in [1.54, 1.807) is 0 Å². The number of piperidine rings is 1. The highest BCUT2D eigenvalue weighted by Gasteiger charge is 2.40. The lowest BCUT2D eigenvalue weighted by Gasteiger charge is -2.50. The van der Waals surface area contributed by atoms with Gasteiger partial charge in [-0.2, -0.15) is 0 Å². The SMILES string of the molecule is Cc1ccc(NC(=S)N(Cc2ccc(F)cc2)C2CC(C)(C)NC(C)(C)C2)cc1C. The van der Waals surface area contributed by atoms with E-state index in [1.807, 2.05) is 12.1 Å². The molecule has 0 unspecified atom stereocenters. The summed E-state index contributed by atoms with van der Waals surface area (Å²) in [7, 11) is 0. The van der Waals surface area contributed by atoms with E-state index >= 15 is 0 Å². The molecule has 5 heteroatoms. The fourth-order valence-corrected chi connectivity index (χ4v) is 4.99. The van der Waals surface area contributed by atoms with Crippen LogP contribution in [0.4, 0.5) is 10.1 Å². The third-order valence-electron chi connectivity index (χ3n) is 5.89. The monoisotopic (exact) mass is 427 g/mol. The van der Waals surface area contributed by atoms with Crippen molar-refractivity contribution in [1.29, 1.82) is 0 Å². The molecule has 2 N–H and O–H groups in total. The molecule has 1 saturated heterocycles. The van der Waals surface area contributed by atoms with Gasteiger partial charge in [0.1, 0.15) is 5.82 Å². The van der Waals surface area contributed by atoms with Crippen LogP contribution in [0, 0.1) is 19.7 Å². The van der Waals surface area contributed by atoms with Crippen LogP contribution in [0.25, 0.3) is 0 Å². The third kappa shape index (κ3) is 5.79. The van der Waals surface area contributed by atoms with Crippen molar-refractivity contribution < 1.29 is 4.39 Å². The van der Waals surface area contributed by atoms with E-state index in [0.29, 0.717) is 11.7 Å². The third-order valence-corrected chi connectivity index (χ3v) is 6.23. The minimum atomic E-state index is -0.217. The zero-order chi connectivity index (χ0) is 22.1. The van der Waals surface area contributed by atoms with Crippen molar-refractivity contribution in [2.45, 2.75) is 78.0 Å². The number of nitrogens with one attached hydrogen (secondary N) is 2. The van der Waals surface area contributed by atoms with E-state index in [1.165, 1.54) is 23.3 Å². The molecule has 3 rings (SSSR count). The second-order valence-corrected chi connectivity index (χ2v) is 10.3. The maximum Gasteiger partial charge on any atom is 0.173 e. The van der Waals surface area contributed by atoms with E-state index < -0.39 is 0 Å². The van der Waals surface area contributed by atoms with Gasteiger partial charge in [0.25, 0.3) is 0 Å². The molecule has 1 aliphatic rings. The van der Waals surface area contributed by atoms with Gasteiger partial charge < -0.3 is 15.5 Å². The molecule has 0 amide bonds. The number of hydrogen-bond acceptors (Lipinski definition) is 2. The van der Waals surface area contributed by atoms with Crippen LogP contribution in [0.3, 0.4) is 0 Å². The first-order valence-corrected chi connectivity index (χ1v) is 11.0. The summed E-state index contributed by atoms with van der Waals surface area (Å²) in [4.78, 5) is 2.28. The van der Waals surface area contributed by atoms with Gasteiger partial charge >= 0.3 is 0 Å². The lowest BCUT2D eigenvalue weighted by molar-refractivity contribution is 0.101. The zero-order valence-electron chi connectivity index (χ0n) is 19.0. The Labute approximate surface area is 186 Å². The molecule has 30 heavy (non-hydrogen) atoms. The summed E-state index contributed by atoms with van der Waals surface area (Å²) in [5.41, 5.74) is 4.55. The van der Waals surface area contributed by atoms with Crippen LogP contribution in [0.2, 0.25) is 0 Å². The Morgan fingerprint density at radius 2 is 1.63 bits per heavy atom. The molecule has 1 fully saturated rings. The first-order valence-electron chi connectivity index (χ1n) is 10.6. The number of hydrogen-bond donors (Lipinski definition) is 2. The topological polar surface area (TPSA) is 27.3 Å². The Balaban J connectivity index is 1.88. The molecule has 1 heterocycles. The van der Waals surface area contributed by atoms with Gasteiger partial charge in [0.15, 0.2) is 5.11 Å². The Kier molecular flexibility index (Phi) is 6.54. The highest BCUT2D eigenvalue weighted by molar-refractivity contribution is 7.80. The summed E-state index contributed by atoms with van der Waals surface area (Å²) >= 11 is 5.91. The first-order chi connectivity index (χ1) is 13.9. The lowest BCUT2D eigenvalue weighted by Crippen LogP contribution is -2.63. The predicted octanol–water partition coefficient (Wildman–Crippen LogP) is 5.95. The van der Waals surface area contributed by atoms with Crippen molar-refractivity contribution >= 4 is 23.0 Å². The standard InChI is InChI=1S/C25H34FN3S/c1-17-7-12-21(13-18(17)2)27-23(30)29(16-19-8-10-20(26)11-9-19)22-14-24(3,4)28-25(5,6)15-22/h7-13,22,28H,14-16H2,1-6H3,(H,27,30). The van der Waals surface area contributed by atoms with Crippen LogP contribution in [0.1, 0.15) is 57.2 Å². The molecule has 0 atom stereocenters. The molecule has 0 spiro atoms. The van der Waals surface area contributed by atoms with Crippen molar-refractivity contribution in [3.05, 3.63) is 65.0 Å². The van der Waals surface area contributed by atoms with Crippen LogP contribution in [-0.2, 0) is 6.54 Å². The van der Waals surface area contributed by atoms with Crippen LogP contribution in [0.5, 0.6) is 0 Å². The van der Waals surface area contributed by atoms with Gasteiger partial charge in [-0.25, -0.2) is 4.39 Å². The molecule has 3 nitrogen and oxygen atoms in total. The molecule has 1 aliphatic heterocycles. The number of rotatable bonds is 4. The summed E-state index contributed by atoms with van der Waals surface area (Å²) in [6, 6.07) is 13.3. The molecule has 0 saturated carbocycles. The number of thiocarbonyl (C=S) groups is 1. The van der Waals surface area contributed by atoms with E-state index in [-0.39, 0.29) is 22.9 Å². The average molecular weight is 428 g/mol. The van der Waals surface area contributed by atoms with Crippen LogP contribution in [0.15, 0.2) is 42.5 Å². The number of aryl methyl sites for hydroxylation is 2. The normalized spacial score (nSPS) is 18.1. The Morgan fingerprint density at radius 1 is 1.03 bits per heavy atom. The smallest absolute Gasteiger partial charge is 0.173 e. The van der Waals surface area contributed by atoms with Gasteiger partial charge in [0.05, 0.1) is 0 Å². The quantitative estimate of drug-likeness (QED) is 0.590.